The van der Waals surface area contributed by atoms with E-state index in [1.54, 1.807) is 24.3 Å². The number of rotatable bonds is 14. The summed E-state index contributed by atoms with van der Waals surface area (Å²) in [6, 6.07) is 11.1. The lowest BCUT2D eigenvalue weighted by Gasteiger charge is -2.18. The number of unbranched alkanes of at least 4 members (excludes halogenated alkanes) is 7. The van der Waals surface area contributed by atoms with E-state index in [-0.39, 0.29) is 24.2 Å². The molecule has 0 bridgehead atoms. The van der Waals surface area contributed by atoms with Crippen LogP contribution in [0.5, 0.6) is 0 Å². The molecule has 2 aliphatic rings. The third kappa shape index (κ3) is 8.86. The zero-order valence-corrected chi connectivity index (χ0v) is 26.8. The third-order valence-electron chi connectivity index (χ3n) is 8.59. The van der Waals surface area contributed by atoms with Gasteiger partial charge in [0.1, 0.15) is 17.9 Å². The number of aromatic nitrogens is 2. The maximum Gasteiger partial charge on any atom is 0.417 e. The quantitative estimate of drug-likeness (QED) is 0.169. The Kier molecular flexibility index (Phi) is 11.9. The Morgan fingerprint density at radius 3 is 2.39 bits per heavy atom. The zero-order chi connectivity index (χ0) is 33.4. The molecule has 0 radical (unpaired) electrons. The fraction of sp³-hybridized carbons (Fsp3) is 0.545. The molecule has 1 saturated heterocycles. The summed E-state index contributed by atoms with van der Waals surface area (Å²) < 4.78 is 68.7. The highest BCUT2D eigenvalue weighted by molar-refractivity contribution is 7.92. The van der Waals surface area contributed by atoms with Crippen LogP contribution in [0.1, 0.15) is 83.1 Å². The van der Waals surface area contributed by atoms with Crippen LogP contribution in [0.25, 0.3) is 16.7 Å². The number of aliphatic carboxylic acids is 1. The van der Waals surface area contributed by atoms with E-state index in [4.69, 9.17) is 10.4 Å². The third-order valence-corrected chi connectivity index (χ3v) is 10.8. The van der Waals surface area contributed by atoms with Gasteiger partial charge in [0.15, 0.2) is 9.84 Å². The molecule has 2 atom stereocenters. The lowest BCUT2D eigenvalue weighted by molar-refractivity contribution is -0.140. The first-order valence-corrected chi connectivity index (χ1v) is 17.5. The van der Waals surface area contributed by atoms with Crippen LogP contribution in [0, 0.1) is 11.3 Å². The van der Waals surface area contributed by atoms with Crippen molar-refractivity contribution in [1.29, 1.82) is 5.26 Å². The molecule has 2 fully saturated rings. The second-order valence-corrected chi connectivity index (χ2v) is 14.3. The molecule has 3 aromatic rings. The molecule has 13 heteroatoms. The Morgan fingerprint density at radius 1 is 1.11 bits per heavy atom. The number of alkyl halides is 3. The molecule has 9 nitrogen and oxygen atoms in total. The van der Waals surface area contributed by atoms with E-state index in [0.717, 1.165) is 31.5 Å². The normalized spacial score (nSPS) is 18.9. The first kappa shape index (κ1) is 35.4. The van der Waals surface area contributed by atoms with Gasteiger partial charge in [-0.25, -0.2) is 13.4 Å². The monoisotopic (exact) mass is 661 g/mol. The van der Waals surface area contributed by atoms with E-state index in [0.29, 0.717) is 11.0 Å². The van der Waals surface area contributed by atoms with Gasteiger partial charge >= 0.3 is 12.1 Å². The Bertz CT molecular complexity index is 1630. The standard InChI is InChI=1S/C19H16F3N3O4S.C14H26N2/c20-19(21,22)13-7-11(25-10-24-14-3-1-2-4-16(14)25)5-6-17(13)30(28,29)12-8-15(18(26)27)23-9-12;1-2-3-4-5-6-7-8-9-12-16-14(13-15)10-11-14/h1-7,10,12,15,23H,8-9H2,(H,26,27);16H,2-12H2,1H3/t12-,15+;/m1./s1. The average Bonchev–Trinajstić information content (AvgIpc) is 3.41. The van der Waals surface area contributed by atoms with Gasteiger partial charge in [-0.05, 0) is 62.6 Å². The summed E-state index contributed by atoms with van der Waals surface area (Å²) in [6.07, 6.45) is 9.11. The van der Waals surface area contributed by atoms with E-state index < -0.39 is 43.7 Å². The van der Waals surface area contributed by atoms with Crippen LogP contribution in [0.15, 0.2) is 53.7 Å². The summed E-state index contributed by atoms with van der Waals surface area (Å²) >= 11 is 0. The second kappa shape index (κ2) is 15.4. The van der Waals surface area contributed by atoms with Crippen molar-refractivity contribution in [3.05, 3.63) is 54.4 Å². The highest BCUT2D eigenvalue weighted by Gasteiger charge is 2.44. The highest BCUT2D eigenvalue weighted by Crippen LogP contribution is 2.38. The summed E-state index contributed by atoms with van der Waals surface area (Å²) in [5, 5.41) is 22.5. The number of fused-ring (bicyclic) bond motifs is 1. The van der Waals surface area contributed by atoms with Crippen molar-refractivity contribution >= 4 is 26.8 Å². The molecule has 2 heterocycles. The molecule has 250 valence electrons. The number of carbonyl (C=O) groups is 1. The maximum absolute atomic E-state index is 13.8. The van der Waals surface area contributed by atoms with E-state index in [1.165, 1.54) is 68.3 Å². The van der Waals surface area contributed by atoms with Crippen molar-refractivity contribution in [1.82, 2.24) is 20.2 Å². The van der Waals surface area contributed by atoms with Crippen molar-refractivity contribution in [3.8, 4) is 11.8 Å². The smallest absolute Gasteiger partial charge is 0.417 e. The fourth-order valence-electron chi connectivity index (χ4n) is 5.65. The van der Waals surface area contributed by atoms with E-state index in [9.17, 15) is 26.4 Å². The largest absolute Gasteiger partial charge is 0.480 e. The van der Waals surface area contributed by atoms with E-state index in [2.05, 4.69) is 28.6 Å². The van der Waals surface area contributed by atoms with Gasteiger partial charge in [0.2, 0.25) is 0 Å². The number of nitriles is 1. The van der Waals surface area contributed by atoms with Gasteiger partial charge in [0, 0.05) is 12.2 Å². The van der Waals surface area contributed by atoms with Gasteiger partial charge in [0.25, 0.3) is 0 Å². The number of halogens is 3. The first-order chi connectivity index (χ1) is 21.9. The van der Waals surface area contributed by atoms with Crippen molar-refractivity contribution in [3.63, 3.8) is 0 Å². The molecule has 0 spiro atoms. The molecular weight excluding hydrogens is 619 g/mol. The maximum atomic E-state index is 13.8. The van der Waals surface area contributed by atoms with Crippen molar-refractivity contribution < 1.29 is 31.5 Å². The van der Waals surface area contributed by atoms with E-state index in [1.807, 2.05) is 0 Å². The highest BCUT2D eigenvalue weighted by atomic mass is 32.2. The number of hydrogen-bond acceptors (Lipinski definition) is 7. The van der Waals surface area contributed by atoms with Crippen molar-refractivity contribution in [2.75, 3.05) is 13.1 Å². The number of benzene rings is 2. The molecule has 46 heavy (non-hydrogen) atoms. The molecule has 0 amide bonds. The molecular formula is C33H42F3N5O4S. The van der Waals surface area contributed by atoms with Crippen molar-refractivity contribution in [2.45, 2.75) is 105 Å². The minimum atomic E-state index is -4.92. The molecule has 1 aromatic heterocycles. The topological polar surface area (TPSA) is 137 Å². The van der Waals surface area contributed by atoms with Gasteiger partial charge in [-0.1, -0.05) is 64.0 Å². The Balaban J connectivity index is 0.000000254. The van der Waals surface area contributed by atoms with Gasteiger partial charge in [-0.3, -0.25) is 14.7 Å². The molecule has 1 saturated carbocycles. The van der Waals surface area contributed by atoms with Crippen LogP contribution in [-0.4, -0.2) is 59.0 Å². The second-order valence-electron chi connectivity index (χ2n) is 12.1. The minimum absolute atomic E-state index is 0.110. The van der Waals surface area contributed by atoms with Crippen LogP contribution >= 0.6 is 0 Å². The van der Waals surface area contributed by atoms with Crippen molar-refractivity contribution in [2.24, 2.45) is 0 Å². The van der Waals surface area contributed by atoms with Gasteiger partial charge < -0.3 is 10.4 Å². The SMILES string of the molecule is CCCCCCCCCCNC1(C#N)CC1.O=C(O)[C@@H]1C[C@@H](S(=O)(=O)c2ccc(-n3cnc4ccccc43)cc2C(F)(F)F)CN1. The number of nitrogens with one attached hydrogen (secondary N) is 2. The van der Waals surface area contributed by atoms with Gasteiger partial charge in [0.05, 0.1) is 32.8 Å². The van der Waals surface area contributed by atoms with Crippen LogP contribution in [0.3, 0.4) is 0 Å². The Labute approximate surface area is 268 Å². The molecule has 5 rings (SSSR count). The summed E-state index contributed by atoms with van der Waals surface area (Å²) in [5.41, 5.74) is -0.134. The summed E-state index contributed by atoms with van der Waals surface area (Å²) in [4.78, 5) is 14.4. The van der Waals surface area contributed by atoms with E-state index >= 15 is 0 Å². The number of hydrogen-bond donors (Lipinski definition) is 3. The summed E-state index contributed by atoms with van der Waals surface area (Å²) in [6.45, 7) is 3.06. The average molecular weight is 662 g/mol. The Morgan fingerprint density at radius 2 is 1.78 bits per heavy atom. The Hall–Kier alpha value is -3.47. The number of nitrogens with zero attached hydrogens (tertiary/aromatic N) is 3. The molecule has 2 aromatic carbocycles. The summed E-state index contributed by atoms with van der Waals surface area (Å²) in [5.74, 6) is -1.24. The number of para-hydroxylation sites is 2. The van der Waals surface area contributed by atoms with Crippen LogP contribution < -0.4 is 10.6 Å². The first-order valence-electron chi connectivity index (χ1n) is 15.9. The van der Waals surface area contributed by atoms with Crippen LogP contribution in [-0.2, 0) is 20.8 Å². The number of sulfone groups is 1. The molecule has 1 aliphatic heterocycles. The minimum Gasteiger partial charge on any atom is -0.480 e. The zero-order valence-electron chi connectivity index (χ0n) is 26.0. The lowest BCUT2D eigenvalue weighted by atomic mass is 10.1. The van der Waals surface area contributed by atoms with Gasteiger partial charge in [-0.15, -0.1) is 0 Å². The van der Waals surface area contributed by atoms with Crippen LogP contribution in [0.4, 0.5) is 13.2 Å². The fourth-order valence-corrected chi connectivity index (χ4v) is 7.51. The number of imidazole rings is 1. The summed E-state index contributed by atoms with van der Waals surface area (Å²) in [7, 11) is -4.42. The molecule has 0 unspecified atom stereocenters. The molecule has 1 aliphatic carbocycles. The predicted molar refractivity (Wildman–Crippen MR) is 169 cm³/mol. The number of carboxylic acid groups (broad SMARTS) is 1. The lowest BCUT2D eigenvalue weighted by Crippen LogP contribution is -2.30. The van der Waals surface area contributed by atoms with Crippen LogP contribution in [0.2, 0.25) is 0 Å². The predicted octanol–water partition coefficient (Wildman–Crippen LogP) is 6.41. The molecule has 3 N–H and O–H groups in total. The van der Waals surface area contributed by atoms with Gasteiger partial charge in [-0.2, -0.15) is 18.4 Å². The number of carboxylic acids is 1.